The quantitative estimate of drug-likeness (QED) is 0.911. The van der Waals surface area contributed by atoms with E-state index in [9.17, 15) is 0 Å². The predicted octanol–water partition coefficient (Wildman–Crippen LogP) is 1.40. The third kappa shape index (κ3) is 2.43. The second kappa shape index (κ2) is 5.44. The van der Waals surface area contributed by atoms with Crippen LogP contribution in [0.25, 0.3) is 5.95 Å². The summed E-state index contributed by atoms with van der Waals surface area (Å²) in [5, 5.41) is 3.01. The smallest absolute Gasteiger partial charge is 0.241 e. The third-order valence-electron chi connectivity index (χ3n) is 3.52. The molecule has 7 heteroatoms. The molecule has 0 unspecified atom stereocenters. The molecule has 0 aliphatic carbocycles. The molecule has 3 rings (SSSR count). The average molecular weight is 273 g/mol. The van der Waals surface area contributed by atoms with E-state index >= 15 is 0 Å². The highest BCUT2D eigenvalue weighted by Gasteiger charge is 2.17. The van der Waals surface area contributed by atoms with E-state index in [1.807, 2.05) is 24.7 Å². The number of hydrogen-bond acceptors (Lipinski definition) is 6. The Hall–Kier alpha value is -2.18. The van der Waals surface area contributed by atoms with Crippen molar-refractivity contribution in [3.8, 4) is 5.95 Å². The first kappa shape index (κ1) is 12.8. The zero-order chi connectivity index (χ0) is 13.9. The maximum atomic E-state index is 4.60. The van der Waals surface area contributed by atoms with Crippen LogP contribution in [0.1, 0.15) is 25.1 Å². The second-order valence-electron chi connectivity index (χ2n) is 4.90. The summed E-state index contributed by atoms with van der Waals surface area (Å²) in [6.45, 7) is 3.95. The van der Waals surface area contributed by atoms with Crippen LogP contribution in [0.4, 0.5) is 11.9 Å². The van der Waals surface area contributed by atoms with Crippen LogP contribution in [0.5, 0.6) is 0 Å². The lowest BCUT2D eigenvalue weighted by molar-refractivity contribution is 0.567. The molecule has 2 aromatic heterocycles. The molecule has 7 nitrogen and oxygen atoms in total. The van der Waals surface area contributed by atoms with Crippen molar-refractivity contribution in [2.24, 2.45) is 0 Å². The Morgan fingerprint density at radius 2 is 1.80 bits per heavy atom. The molecule has 1 aliphatic heterocycles. The van der Waals surface area contributed by atoms with Crippen LogP contribution in [0.3, 0.4) is 0 Å². The van der Waals surface area contributed by atoms with Gasteiger partial charge in [-0.1, -0.05) is 0 Å². The minimum Gasteiger partial charge on any atom is -0.357 e. The van der Waals surface area contributed by atoms with E-state index in [1.54, 1.807) is 6.20 Å². The Kier molecular flexibility index (Phi) is 3.49. The molecule has 0 radical (unpaired) electrons. The van der Waals surface area contributed by atoms with Gasteiger partial charge in [0.15, 0.2) is 0 Å². The maximum Gasteiger partial charge on any atom is 0.241 e. The summed E-state index contributed by atoms with van der Waals surface area (Å²) in [5.74, 6) is 2.80. The van der Waals surface area contributed by atoms with Crippen LogP contribution in [0, 0.1) is 6.92 Å². The minimum absolute atomic E-state index is 0.587. The molecule has 2 aromatic rings. The minimum atomic E-state index is 0.587. The number of imidazole rings is 1. The van der Waals surface area contributed by atoms with Gasteiger partial charge < -0.3 is 10.2 Å². The molecule has 3 heterocycles. The molecule has 0 aromatic carbocycles. The fourth-order valence-electron chi connectivity index (χ4n) is 2.40. The fraction of sp³-hybridized carbons (Fsp3) is 0.538. The standard InChI is InChI=1S/C13H19N7/c1-10-15-6-9-20(10)13-17-11(14-2)16-12(18-13)19-7-4-3-5-8-19/h6,9H,3-5,7-8H2,1-2H3,(H,14,16,17,18). The van der Waals surface area contributed by atoms with Gasteiger partial charge in [0, 0.05) is 32.5 Å². The largest absolute Gasteiger partial charge is 0.357 e. The van der Waals surface area contributed by atoms with Crippen molar-refractivity contribution in [2.75, 3.05) is 30.4 Å². The van der Waals surface area contributed by atoms with Gasteiger partial charge in [0.2, 0.25) is 17.8 Å². The molecule has 1 saturated heterocycles. The lowest BCUT2D eigenvalue weighted by atomic mass is 10.1. The molecule has 0 amide bonds. The summed E-state index contributed by atoms with van der Waals surface area (Å²) in [6.07, 6.45) is 7.29. The molecular formula is C13H19N7. The monoisotopic (exact) mass is 273 g/mol. The third-order valence-corrected chi connectivity index (χ3v) is 3.52. The Balaban J connectivity index is 2.00. The maximum absolute atomic E-state index is 4.60. The lowest BCUT2D eigenvalue weighted by Gasteiger charge is -2.26. The first-order valence-electron chi connectivity index (χ1n) is 6.97. The Bertz CT molecular complexity index is 586. The number of aryl methyl sites for hydroxylation is 1. The van der Waals surface area contributed by atoms with Gasteiger partial charge in [-0.15, -0.1) is 0 Å². The van der Waals surface area contributed by atoms with E-state index in [2.05, 4.69) is 30.2 Å². The van der Waals surface area contributed by atoms with Gasteiger partial charge in [0.25, 0.3) is 0 Å². The van der Waals surface area contributed by atoms with Crippen molar-refractivity contribution in [1.29, 1.82) is 0 Å². The number of aromatic nitrogens is 5. The first-order valence-corrected chi connectivity index (χ1v) is 6.97. The van der Waals surface area contributed by atoms with Gasteiger partial charge in [-0.25, -0.2) is 4.98 Å². The summed E-state index contributed by atoms with van der Waals surface area (Å²) in [4.78, 5) is 19.9. The number of nitrogens with one attached hydrogen (secondary N) is 1. The van der Waals surface area contributed by atoms with E-state index in [4.69, 9.17) is 0 Å². The topological polar surface area (TPSA) is 71.8 Å². The van der Waals surface area contributed by atoms with Crippen molar-refractivity contribution < 1.29 is 0 Å². The summed E-state index contributed by atoms with van der Waals surface area (Å²) in [7, 11) is 1.82. The highest BCUT2D eigenvalue weighted by atomic mass is 15.3. The molecule has 20 heavy (non-hydrogen) atoms. The van der Waals surface area contributed by atoms with E-state index < -0.39 is 0 Å². The van der Waals surface area contributed by atoms with Crippen molar-refractivity contribution in [3.05, 3.63) is 18.2 Å². The molecule has 1 N–H and O–H groups in total. The van der Waals surface area contributed by atoms with Crippen molar-refractivity contribution in [2.45, 2.75) is 26.2 Å². The zero-order valence-electron chi connectivity index (χ0n) is 11.9. The Labute approximate surface area is 118 Å². The molecule has 1 aliphatic rings. The van der Waals surface area contributed by atoms with Gasteiger partial charge in [-0.3, -0.25) is 4.57 Å². The number of hydrogen-bond donors (Lipinski definition) is 1. The molecule has 0 saturated carbocycles. The van der Waals surface area contributed by atoms with Crippen molar-refractivity contribution in [3.63, 3.8) is 0 Å². The number of anilines is 2. The molecule has 0 bridgehead atoms. The summed E-state index contributed by atoms with van der Waals surface area (Å²) in [5.41, 5.74) is 0. The predicted molar refractivity (Wildman–Crippen MR) is 77.3 cm³/mol. The number of piperidine rings is 1. The van der Waals surface area contributed by atoms with E-state index in [0.29, 0.717) is 11.9 Å². The molecule has 1 fully saturated rings. The Morgan fingerprint density at radius 3 is 2.45 bits per heavy atom. The number of rotatable bonds is 3. The summed E-state index contributed by atoms with van der Waals surface area (Å²) in [6, 6.07) is 0. The fourth-order valence-corrected chi connectivity index (χ4v) is 2.40. The van der Waals surface area contributed by atoms with Gasteiger partial charge in [0.05, 0.1) is 0 Å². The van der Waals surface area contributed by atoms with E-state index in [-0.39, 0.29) is 0 Å². The van der Waals surface area contributed by atoms with Gasteiger partial charge in [-0.05, 0) is 26.2 Å². The molecule has 0 atom stereocenters. The van der Waals surface area contributed by atoms with Gasteiger partial charge in [0.1, 0.15) is 5.82 Å². The van der Waals surface area contributed by atoms with Crippen molar-refractivity contribution >= 4 is 11.9 Å². The Morgan fingerprint density at radius 1 is 1.05 bits per heavy atom. The highest BCUT2D eigenvalue weighted by molar-refractivity contribution is 5.40. The van der Waals surface area contributed by atoms with E-state index in [1.165, 1.54) is 19.3 Å². The molecule has 106 valence electrons. The van der Waals surface area contributed by atoms with Crippen LogP contribution in [-0.2, 0) is 0 Å². The van der Waals surface area contributed by atoms with Crippen LogP contribution >= 0.6 is 0 Å². The lowest BCUT2D eigenvalue weighted by Crippen LogP contribution is -2.31. The highest BCUT2D eigenvalue weighted by Crippen LogP contribution is 2.18. The summed E-state index contributed by atoms with van der Waals surface area (Å²) >= 11 is 0. The first-order chi connectivity index (χ1) is 9.78. The van der Waals surface area contributed by atoms with Gasteiger partial charge in [-0.2, -0.15) is 15.0 Å². The molecular weight excluding hydrogens is 254 g/mol. The van der Waals surface area contributed by atoms with Gasteiger partial charge >= 0.3 is 0 Å². The van der Waals surface area contributed by atoms with Crippen LogP contribution in [-0.4, -0.2) is 44.6 Å². The number of nitrogens with zero attached hydrogens (tertiary/aromatic N) is 6. The summed E-state index contributed by atoms with van der Waals surface area (Å²) < 4.78 is 1.87. The zero-order valence-corrected chi connectivity index (χ0v) is 11.9. The van der Waals surface area contributed by atoms with Crippen molar-refractivity contribution in [1.82, 2.24) is 24.5 Å². The average Bonchev–Trinajstić information content (AvgIpc) is 2.94. The van der Waals surface area contributed by atoms with E-state index in [0.717, 1.165) is 24.9 Å². The SMILES string of the molecule is CNc1nc(N2CCCCC2)nc(-n2ccnc2C)n1. The second-order valence-corrected chi connectivity index (χ2v) is 4.90. The van der Waals surface area contributed by atoms with Crippen LogP contribution in [0.2, 0.25) is 0 Å². The normalized spacial score (nSPS) is 15.4. The molecule has 0 spiro atoms. The van der Waals surface area contributed by atoms with Crippen LogP contribution < -0.4 is 10.2 Å². The van der Waals surface area contributed by atoms with Crippen LogP contribution in [0.15, 0.2) is 12.4 Å².